The second-order valence-corrected chi connectivity index (χ2v) is 11.0. The van der Waals surface area contributed by atoms with E-state index in [0.29, 0.717) is 17.8 Å². The van der Waals surface area contributed by atoms with Crippen LogP contribution in [0.15, 0.2) is 47.4 Å². The molecule has 3 N–H and O–H groups in total. The number of rotatable bonds is 10. The summed E-state index contributed by atoms with van der Waals surface area (Å²) in [5, 5.41) is 16.6. The largest absolute Gasteiger partial charge is 0.476 e. The van der Waals surface area contributed by atoms with E-state index in [9.17, 15) is 23.1 Å². The van der Waals surface area contributed by atoms with E-state index in [4.69, 9.17) is 4.74 Å². The monoisotopic (exact) mass is 526 g/mol. The summed E-state index contributed by atoms with van der Waals surface area (Å²) in [7, 11) is -4.01. The smallest absolute Gasteiger partial charge is 0.356 e. The number of aryl methyl sites for hydroxylation is 1. The number of benzene rings is 2. The number of aromatic carboxylic acids is 1. The second-order valence-electron chi connectivity index (χ2n) is 9.29. The highest BCUT2D eigenvalue weighted by Crippen LogP contribution is 2.36. The summed E-state index contributed by atoms with van der Waals surface area (Å²) in [6, 6.07) is 11.4. The average molecular weight is 527 g/mol. The van der Waals surface area contributed by atoms with Crippen LogP contribution in [0.3, 0.4) is 0 Å². The van der Waals surface area contributed by atoms with Gasteiger partial charge in [-0.15, -0.1) is 0 Å². The van der Waals surface area contributed by atoms with Crippen LogP contribution in [-0.4, -0.2) is 41.2 Å². The molecule has 4 rings (SSSR count). The van der Waals surface area contributed by atoms with Gasteiger partial charge in [0.1, 0.15) is 10.6 Å². The van der Waals surface area contributed by atoms with Crippen molar-refractivity contribution in [1.82, 2.24) is 14.5 Å². The Morgan fingerprint density at radius 2 is 1.84 bits per heavy atom. The Morgan fingerprint density at radius 1 is 1.16 bits per heavy atom. The molecule has 1 aromatic heterocycles. The van der Waals surface area contributed by atoms with Gasteiger partial charge in [-0.1, -0.05) is 31.5 Å². The van der Waals surface area contributed by atoms with Gasteiger partial charge >= 0.3 is 5.97 Å². The number of carbonyl (C=O) groups excluding carboxylic acids is 1. The number of aromatic nitrogens is 2. The fourth-order valence-electron chi connectivity index (χ4n) is 3.58. The molecule has 1 fully saturated rings. The van der Waals surface area contributed by atoms with Crippen LogP contribution in [0.1, 0.15) is 54.7 Å². The Kier molecular flexibility index (Phi) is 7.37. The number of hydrogen-bond acceptors (Lipinski definition) is 6. The van der Waals surface area contributed by atoms with Gasteiger partial charge in [0, 0.05) is 23.2 Å². The van der Waals surface area contributed by atoms with Gasteiger partial charge in [0.2, 0.25) is 21.8 Å². The number of carboxylic acid groups (broad SMARTS) is 1. The molecular formula is C26H30N4O6S. The quantitative estimate of drug-likeness (QED) is 0.356. The molecule has 37 heavy (non-hydrogen) atoms. The predicted molar refractivity (Wildman–Crippen MR) is 138 cm³/mol. The molecule has 1 saturated carbocycles. The van der Waals surface area contributed by atoms with E-state index in [-0.39, 0.29) is 45.6 Å². The summed E-state index contributed by atoms with van der Waals surface area (Å²) in [6.45, 7) is 7.15. The van der Waals surface area contributed by atoms with E-state index < -0.39 is 16.0 Å². The number of hydrogen-bond donors (Lipinski definition) is 3. The highest BCUT2D eigenvalue weighted by molar-refractivity contribution is 7.89. The molecule has 0 aliphatic heterocycles. The maximum atomic E-state index is 13.3. The first kappa shape index (κ1) is 26.4. The van der Waals surface area contributed by atoms with Gasteiger partial charge in [-0.25, -0.2) is 17.9 Å². The highest BCUT2D eigenvalue weighted by atomic mass is 32.2. The van der Waals surface area contributed by atoms with E-state index in [2.05, 4.69) is 15.1 Å². The third kappa shape index (κ3) is 5.83. The lowest BCUT2D eigenvalue weighted by Gasteiger charge is -2.16. The van der Waals surface area contributed by atoms with Gasteiger partial charge in [-0.2, -0.15) is 9.78 Å². The van der Waals surface area contributed by atoms with E-state index in [1.807, 2.05) is 26.0 Å². The summed E-state index contributed by atoms with van der Waals surface area (Å²) >= 11 is 0. The van der Waals surface area contributed by atoms with Gasteiger partial charge in [-0.3, -0.25) is 4.79 Å². The van der Waals surface area contributed by atoms with E-state index in [1.54, 1.807) is 32.0 Å². The molecule has 0 unspecified atom stereocenters. The normalized spacial score (nSPS) is 14.3. The van der Waals surface area contributed by atoms with Crippen LogP contribution >= 0.6 is 0 Å². The van der Waals surface area contributed by atoms with E-state index in [0.717, 1.165) is 18.4 Å². The van der Waals surface area contributed by atoms with Crippen molar-refractivity contribution in [2.75, 3.05) is 5.32 Å². The summed E-state index contributed by atoms with van der Waals surface area (Å²) in [6.07, 6.45) is 2.11. The Labute approximate surface area is 215 Å². The number of carboxylic acids is 1. The average Bonchev–Trinajstić information content (AvgIpc) is 3.60. The van der Waals surface area contributed by atoms with Crippen molar-refractivity contribution in [2.24, 2.45) is 5.92 Å². The van der Waals surface area contributed by atoms with E-state index >= 15 is 0 Å². The number of carbonyl (C=O) groups is 2. The third-order valence-corrected chi connectivity index (χ3v) is 7.76. The van der Waals surface area contributed by atoms with Gasteiger partial charge in [0.15, 0.2) is 5.69 Å². The molecule has 0 bridgehead atoms. The van der Waals surface area contributed by atoms with Gasteiger partial charge < -0.3 is 15.2 Å². The van der Waals surface area contributed by atoms with Crippen molar-refractivity contribution in [1.29, 1.82) is 0 Å². The standard InChI is InChI=1S/C26H30N4O6S/c1-5-16(3)24(31)27-19-10-13-21(22(14-19)37(34,35)29-18-8-9-18)36-25-17(4)23(26(32)33)28-30(25)20-11-6-15(2)7-12-20/h6-7,10-14,16,18,29H,5,8-9H2,1-4H3,(H,27,31)(H,32,33)/t16-/m0/s1. The van der Waals surface area contributed by atoms with Crippen LogP contribution < -0.4 is 14.8 Å². The molecule has 0 radical (unpaired) electrons. The zero-order valence-electron chi connectivity index (χ0n) is 21.1. The fourth-order valence-corrected chi connectivity index (χ4v) is 5.04. The Balaban J connectivity index is 1.80. The molecule has 1 atom stereocenters. The minimum absolute atomic E-state index is 0.0250. The van der Waals surface area contributed by atoms with Crippen LogP contribution in [-0.2, 0) is 14.8 Å². The summed E-state index contributed by atoms with van der Waals surface area (Å²) < 4.78 is 36.7. The Bertz CT molecular complexity index is 1440. The highest BCUT2D eigenvalue weighted by Gasteiger charge is 2.31. The minimum Gasteiger partial charge on any atom is -0.476 e. The molecule has 3 aromatic rings. The lowest BCUT2D eigenvalue weighted by molar-refractivity contribution is -0.119. The number of nitrogens with zero attached hydrogens (tertiary/aromatic N) is 2. The first-order valence-electron chi connectivity index (χ1n) is 12.0. The molecule has 1 aliphatic rings. The Morgan fingerprint density at radius 3 is 2.43 bits per heavy atom. The van der Waals surface area contributed by atoms with Gasteiger partial charge in [-0.05, 0) is 63.4 Å². The van der Waals surface area contributed by atoms with E-state index in [1.165, 1.54) is 16.8 Å². The second kappa shape index (κ2) is 10.3. The maximum Gasteiger partial charge on any atom is 0.356 e. The summed E-state index contributed by atoms with van der Waals surface area (Å²) in [4.78, 5) is 24.1. The molecule has 1 heterocycles. The molecular weight excluding hydrogens is 496 g/mol. The molecule has 1 amide bonds. The lowest BCUT2D eigenvalue weighted by atomic mass is 10.1. The predicted octanol–water partition coefficient (Wildman–Crippen LogP) is 4.40. The molecule has 1 aliphatic carbocycles. The minimum atomic E-state index is -4.01. The summed E-state index contributed by atoms with van der Waals surface area (Å²) in [5.74, 6) is -1.67. The number of anilines is 1. The van der Waals surface area contributed by atoms with Crippen molar-refractivity contribution in [3.8, 4) is 17.3 Å². The number of sulfonamides is 1. The van der Waals surface area contributed by atoms with Crippen LogP contribution in [0.5, 0.6) is 11.6 Å². The molecule has 0 spiro atoms. The van der Waals surface area contributed by atoms with Crippen molar-refractivity contribution < 1.29 is 27.9 Å². The molecule has 2 aromatic carbocycles. The maximum absolute atomic E-state index is 13.3. The third-order valence-electron chi connectivity index (χ3n) is 6.22. The van der Waals surface area contributed by atoms with Crippen LogP contribution in [0.25, 0.3) is 5.69 Å². The number of amides is 1. The van der Waals surface area contributed by atoms with Crippen LogP contribution in [0, 0.1) is 19.8 Å². The molecule has 11 heteroatoms. The zero-order valence-corrected chi connectivity index (χ0v) is 21.9. The topological polar surface area (TPSA) is 140 Å². The van der Waals surface area contributed by atoms with Crippen LogP contribution in [0.4, 0.5) is 5.69 Å². The van der Waals surface area contributed by atoms with Gasteiger partial charge in [0.05, 0.1) is 5.69 Å². The fraction of sp³-hybridized carbons (Fsp3) is 0.346. The van der Waals surface area contributed by atoms with Gasteiger partial charge in [0.25, 0.3) is 0 Å². The Hall–Kier alpha value is -3.70. The SMILES string of the molecule is CC[C@H](C)C(=O)Nc1ccc(Oc2c(C)c(C(=O)O)nn2-c2ccc(C)cc2)c(S(=O)(=O)NC2CC2)c1. The first-order chi connectivity index (χ1) is 17.5. The first-order valence-corrected chi connectivity index (χ1v) is 13.5. The number of ether oxygens (including phenoxy) is 1. The van der Waals surface area contributed by atoms with Crippen molar-refractivity contribution >= 4 is 27.6 Å². The van der Waals surface area contributed by atoms with Crippen molar-refractivity contribution in [3.63, 3.8) is 0 Å². The van der Waals surface area contributed by atoms with Crippen LogP contribution in [0.2, 0.25) is 0 Å². The molecule has 10 nitrogen and oxygen atoms in total. The van der Waals surface area contributed by atoms with Crippen molar-refractivity contribution in [2.45, 2.75) is 57.9 Å². The molecule has 0 saturated heterocycles. The molecule has 196 valence electrons. The van der Waals surface area contributed by atoms with Crippen molar-refractivity contribution in [3.05, 3.63) is 59.3 Å². The zero-order chi connectivity index (χ0) is 26.9. The number of nitrogens with one attached hydrogen (secondary N) is 2. The summed E-state index contributed by atoms with van der Waals surface area (Å²) in [5.41, 5.74) is 1.88. The lowest BCUT2D eigenvalue weighted by Crippen LogP contribution is -2.26.